The highest BCUT2D eigenvalue weighted by molar-refractivity contribution is 5.18. The first kappa shape index (κ1) is 13.8. The van der Waals surface area contributed by atoms with Gasteiger partial charge in [-0.15, -0.1) is 12.3 Å². The van der Waals surface area contributed by atoms with E-state index in [2.05, 4.69) is 48.5 Å². The van der Waals surface area contributed by atoms with Crippen molar-refractivity contribution in [3.63, 3.8) is 0 Å². The molecule has 0 saturated carbocycles. The number of hydrogen-bond acceptors (Lipinski definition) is 1. The third-order valence-electron chi connectivity index (χ3n) is 3.05. The average Bonchev–Trinajstić information content (AvgIpc) is 2.38. The zero-order chi connectivity index (χ0) is 12.3. The van der Waals surface area contributed by atoms with Crippen molar-refractivity contribution in [3.05, 3.63) is 35.9 Å². The predicted octanol–water partition coefficient (Wildman–Crippen LogP) is 3.57. The first-order valence-corrected chi connectivity index (χ1v) is 6.53. The zero-order valence-electron chi connectivity index (χ0n) is 10.8. The number of benzene rings is 1. The summed E-state index contributed by atoms with van der Waals surface area (Å²) in [5.41, 5.74) is 1.43. The highest BCUT2D eigenvalue weighted by Gasteiger charge is 2.03. The zero-order valence-corrected chi connectivity index (χ0v) is 10.8. The number of terminal acetylenes is 1. The van der Waals surface area contributed by atoms with Crippen LogP contribution in [0.1, 0.15) is 44.1 Å². The minimum Gasteiger partial charge on any atom is -0.317 e. The minimum atomic E-state index is 0.634. The Morgan fingerprint density at radius 2 is 1.94 bits per heavy atom. The van der Waals surface area contributed by atoms with Crippen LogP contribution >= 0.6 is 0 Å². The van der Waals surface area contributed by atoms with Crippen molar-refractivity contribution in [1.82, 2.24) is 5.32 Å². The summed E-state index contributed by atoms with van der Waals surface area (Å²) < 4.78 is 0. The second-order valence-electron chi connectivity index (χ2n) is 4.51. The topological polar surface area (TPSA) is 12.0 Å². The standard InChI is InChI=1S/C16H23N/c1-3-4-5-9-13-17-14-12-15(2)16-10-7-6-8-11-16/h1,6-8,10-11,15,17H,4-5,9,12-14H2,2H3. The number of rotatable bonds is 8. The molecule has 1 aromatic carbocycles. The lowest BCUT2D eigenvalue weighted by Crippen LogP contribution is -2.18. The summed E-state index contributed by atoms with van der Waals surface area (Å²) in [5, 5.41) is 3.48. The Morgan fingerprint density at radius 1 is 1.18 bits per heavy atom. The molecular weight excluding hydrogens is 206 g/mol. The molecule has 0 spiro atoms. The van der Waals surface area contributed by atoms with Crippen molar-refractivity contribution >= 4 is 0 Å². The number of hydrogen-bond donors (Lipinski definition) is 1. The van der Waals surface area contributed by atoms with Crippen molar-refractivity contribution in [2.24, 2.45) is 0 Å². The van der Waals surface area contributed by atoms with Gasteiger partial charge in [-0.3, -0.25) is 0 Å². The molecule has 0 amide bonds. The van der Waals surface area contributed by atoms with Crippen molar-refractivity contribution < 1.29 is 0 Å². The summed E-state index contributed by atoms with van der Waals surface area (Å²) in [7, 11) is 0. The van der Waals surface area contributed by atoms with Crippen LogP contribution < -0.4 is 5.32 Å². The molecule has 0 bridgehead atoms. The molecule has 1 heteroatoms. The van der Waals surface area contributed by atoms with Crippen LogP contribution in [0.2, 0.25) is 0 Å². The van der Waals surface area contributed by atoms with E-state index < -0.39 is 0 Å². The Hall–Kier alpha value is -1.26. The minimum absolute atomic E-state index is 0.634. The van der Waals surface area contributed by atoms with E-state index in [-0.39, 0.29) is 0 Å². The highest BCUT2D eigenvalue weighted by atomic mass is 14.8. The second kappa shape index (κ2) is 8.84. The van der Waals surface area contributed by atoms with Gasteiger partial charge in [0.25, 0.3) is 0 Å². The highest BCUT2D eigenvalue weighted by Crippen LogP contribution is 2.17. The third-order valence-corrected chi connectivity index (χ3v) is 3.05. The molecule has 92 valence electrons. The molecule has 0 aromatic heterocycles. The van der Waals surface area contributed by atoms with Crippen LogP contribution in [0.4, 0.5) is 0 Å². The Morgan fingerprint density at radius 3 is 2.65 bits per heavy atom. The van der Waals surface area contributed by atoms with E-state index in [1.54, 1.807) is 0 Å². The summed E-state index contributed by atoms with van der Waals surface area (Å²) in [6.45, 7) is 4.46. The van der Waals surface area contributed by atoms with Gasteiger partial charge in [-0.05, 0) is 43.8 Å². The quantitative estimate of drug-likeness (QED) is 0.531. The molecule has 1 unspecified atom stereocenters. The maximum Gasteiger partial charge on any atom is 0.00865 e. The fraction of sp³-hybridized carbons (Fsp3) is 0.500. The first-order valence-electron chi connectivity index (χ1n) is 6.53. The summed E-state index contributed by atoms with van der Waals surface area (Å²) in [6, 6.07) is 10.7. The molecule has 0 radical (unpaired) electrons. The largest absolute Gasteiger partial charge is 0.317 e. The molecule has 1 rings (SSSR count). The third kappa shape index (κ3) is 6.14. The molecule has 1 nitrogen and oxygen atoms in total. The fourth-order valence-corrected chi connectivity index (χ4v) is 1.87. The van der Waals surface area contributed by atoms with Crippen LogP contribution in [-0.4, -0.2) is 13.1 Å². The van der Waals surface area contributed by atoms with Crippen molar-refractivity contribution in [2.75, 3.05) is 13.1 Å². The van der Waals surface area contributed by atoms with Gasteiger partial charge in [0.15, 0.2) is 0 Å². The van der Waals surface area contributed by atoms with Gasteiger partial charge in [-0.2, -0.15) is 0 Å². The monoisotopic (exact) mass is 229 g/mol. The molecule has 0 fully saturated rings. The average molecular weight is 229 g/mol. The van der Waals surface area contributed by atoms with E-state index in [1.807, 2.05) is 0 Å². The molecule has 0 aliphatic carbocycles. The van der Waals surface area contributed by atoms with Gasteiger partial charge in [-0.1, -0.05) is 37.3 Å². The van der Waals surface area contributed by atoms with Crippen LogP contribution in [-0.2, 0) is 0 Å². The SMILES string of the molecule is C#CCCCCNCCC(C)c1ccccc1. The van der Waals surface area contributed by atoms with Crippen LogP contribution in [0, 0.1) is 12.3 Å². The smallest absolute Gasteiger partial charge is 0.00865 e. The Kier molecular flexibility index (Phi) is 7.18. The van der Waals surface area contributed by atoms with Gasteiger partial charge in [-0.25, -0.2) is 0 Å². The first-order chi connectivity index (χ1) is 8.34. The van der Waals surface area contributed by atoms with E-state index in [9.17, 15) is 0 Å². The van der Waals surface area contributed by atoms with Gasteiger partial charge in [0.2, 0.25) is 0 Å². The molecular formula is C16H23N. The molecule has 1 atom stereocenters. The summed E-state index contributed by atoms with van der Waals surface area (Å²) in [4.78, 5) is 0. The number of nitrogens with one attached hydrogen (secondary N) is 1. The Balaban J connectivity index is 2.05. The number of unbranched alkanes of at least 4 members (excludes halogenated alkanes) is 2. The van der Waals surface area contributed by atoms with Gasteiger partial charge in [0.05, 0.1) is 0 Å². The van der Waals surface area contributed by atoms with Gasteiger partial charge in [0.1, 0.15) is 0 Å². The lowest BCUT2D eigenvalue weighted by Gasteiger charge is -2.12. The molecule has 0 aliphatic heterocycles. The summed E-state index contributed by atoms with van der Waals surface area (Å²) in [6.07, 6.45) is 9.62. The molecule has 1 aromatic rings. The maximum absolute atomic E-state index is 5.20. The van der Waals surface area contributed by atoms with Crippen LogP contribution in [0.3, 0.4) is 0 Å². The van der Waals surface area contributed by atoms with Crippen molar-refractivity contribution in [3.8, 4) is 12.3 Å². The van der Waals surface area contributed by atoms with Crippen LogP contribution in [0.5, 0.6) is 0 Å². The van der Waals surface area contributed by atoms with Crippen molar-refractivity contribution in [1.29, 1.82) is 0 Å². The van der Waals surface area contributed by atoms with Gasteiger partial charge >= 0.3 is 0 Å². The molecule has 0 heterocycles. The normalized spacial score (nSPS) is 12.0. The lowest BCUT2D eigenvalue weighted by molar-refractivity contribution is 0.573. The fourth-order valence-electron chi connectivity index (χ4n) is 1.87. The second-order valence-corrected chi connectivity index (χ2v) is 4.51. The lowest BCUT2D eigenvalue weighted by atomic mass is 9.98. The van der Waals surface area contributed by atoms with Crippen LogP contribution in [0.15, 0.2) is 30.3 Å². The Labute approximate surface area is 106 Å². The van der Waals surface area contributed by atoms with E-state index in [0.29, 0.717) is 5.92 Å². The van der Waals surface area contributed by atoms with Gasteiger partial charge < -0.3 is 5.32 Å². The predicted molar refractivity (Wildman–Crippen MR) is 75.0 cm³/mol. The van der Waals surface area contributed by atoms with E-state index in [0.717, 1.165) is 25.9 Å². The molecule has 0 aliphatic rings. The summed E-state index contributed by atoms with van der Waals surface area (Å²) >= 11 is 0. The van der Waals surface area contributed by atoms with E-state index in [1.165, 1.54) is 18.4 Å². The Bertz CT molecular complexity index is 323. The van der Waals surface area contributed by atoms with E-state index in [4.69, 9.17) is 6.42 Å². The molecule has 17 heavy (non-hydrogen) atoms. The van der Waals surface area contributed by atoms with Crippen LogP contribution in [0.25, 0.3) is 0 Å². The van der Waals surface area contributed by atoms with Gasteiger partial charge in [0, 0.05) is 6.42 Å². The van der Waals surface area contributed by atoms with E-state index >= 15 is 0 Å². The summed E-state index contributed by atoms with van der Waals surface area (Å²) in [5.74, 6) is 3.30. The van der Waals surface area contributed by atoms with Crippen molar-refractivity contribution in [2.45, 2.75) is 38.5 Å². The maximum atomic E-state index is 5.20. The molecule has 0 saturated heterocycles. The molecule has 1 N–H and O–H groups in total.